The van der Waals surface area contributed by atoms with Crippen LogP contribution in [-0.4, -0.2) is 22.6 Å². The third kappa shape index (κ3) is 5.33. The Morgan fingerprint density at radius 1 is 0.583 bits per heavy atom. The van der Waals surface area contributed by atoms with Crippen LogP contribution < -0.4 is 0 Å². The largest absolute Gasteiger partial charge is 0.507 e. The molecule has 0 saturated heterocycles. The summed E-state index contributed by atoms with van der Waals surface area (Å²) in [5.74, 6) is 0.551. The predicted molar refractivity (Wildman–Crippen MR) is 152 cm³/mol. The van der Waals surface area contributed by atoms with Crippen LogP contribution in [0.2, 0.25) is 0 Å². The van der Waals surface area contributed by atoms with Gasteiger partial charge in [-0.15, -0.1) is 0 Å². The first-order chi connectivity index (χ1) is 17.5. The highest BCUT2D eigenvalue weighted by Gasteiger charge is 2.10. The molecule has 0 saturated carbocycles. The van der Waals surface area contributed by atoms with Crippen LogP contribution in [0.3, 0.4) is 0 Å². The van der Waals surface area contributed by atoms with E-state index in [2.05, 4.69) is 38.1 Å². The number of hydrogen-bond donors (Lipinski definition) is 2. The summed E-state index contributed by atoms with van der Waals surface area (Å²) in [6, 6.07) is 20.2. The second-order valence-corrected chi connectivity index (χ2v) is 9.00. The van der Waals surface area contributed by atoms with Gasteiger partial charge in [0.25, 0.3) is 0 Å². The van der Waals surface area contributed by atoms with E-state index in [0.29, 0.717) is 22.5 Å². The average Bonchev–Trinajstić information content (AvgIpc) is 2.91. The molecule has 4 nitrogen and oxygen atoms in total. The number of rotatable bonds is 8. The summed E-state index contributed by atoms with van der Waals surface area (Å²) < 4.78 is 0. The fraction of sp³-hybridized carbons (Fsp3) is 0.250. The van der Waals surface area contributed by atoms with Crippen LogP contribution in [0.5, 0.6) is 11.5 Å². The summed E-state index contributed by atoms with van der Waals surface area (Å²) in [4.78, 5) is 9.56. The van der Waals surface area contributed by atoms with E-state index in [9.17, 15) is 10.2 Å². The Balaban J connectivity index is 1.81. The predicted octanol–water partition coefficient (Wildman–Crippen LogP) is 8.00. The van der Waals surface area contributed by atoms with Gasteiger partial charge in [-0.25, -0.2) is 0 Å². The normalized spacial score (nSPS) is 11.8. The first-order valence-electron chi connectivity index (χ1n) is 12.8. The average molecular weight is 479 g/mol. The number of aromatic hydroxyl groups is 2. The SMILES string of the molecule is CCc1cc(C=Nc2cc3ccccc3cc2N=Cc2cc(CC)cc(CC)c2O)c(O)c(CC)c1. The number of hydrogen-bond acceptors (Lipinski definition) is 4. The lowest BCUT2D eigenvalue weighted by Crippen LogP contribution is -1.93. The highest BCUT2D eigenvalue weighted by atomic mass is 16.3. The molecule has 4 aromatic carbocycles. The fourth-order valence-electron chi connectivity index (χ4n) is 4.42. The second-order valence-electron chi connectivity index (χ2n) is 9.00. The monoisotopic (exact) mass is 478 g/mol. The molecule has 0 atom stereocenters. The van der Waals surface area contributed by atoms with Gasteiger partial charge in [-0.2, -0.15) is 0 Å². The summed E-state index contributed by atoms with van der Waals surface area (Å²) in [6.45, 7) is 8.29. The Hall–Kier alpha value is -3.92. The quantitative estimate of drug-likeness (QED) is 0.252. The Morgan fingerprint density at radius 2 is 1.00 bits per heavy atom. The van der Waals surface area contributed by atoms with E-state index in [1.165, 1.54) is 11.1 Å². The van der Waals surface area contributed by atoms with E-state index in [1.807, 2.05) is 50.2 Å². The summed E-state index contributed by atoms with van der Waals surface area (Å²) >= 11 is 0. The zero-order valence-corrected chi connectivity index (χ0v) is 21.5. The van der Waals surface area contributed by atoms with Crippen molar-refractivity contribution < 1.29 is 10.2 Å². The molecule has 4 aromatic rings. The maximum atomic E-state index is 10.8. The van der Waals surface area contributed by atoms with Crippen LogP contribution >= 0.6 is 0 Å². The second kappa shape index (κ2) is 11.2. The molecular formula is C32H34N2O2. The van der Waals surface area contributed by atoms with Crippen molar-refractivity contribution in [1.82, 2.24) is 0 Å². The molecule has 0 aliphatic heterocycles. The number of aliphatic imine (C=N–C) groups is 2. The van der Waals surface area contributed by atoms with Gasteiger partial charge in [0, 0.05) is 23.6 Å². The van der Waals surface area contributed by atoms with E-state index in [4.69, 9.17) is 9.98 Å². The van der Waals surface area contributed by atoms with Crippen molar-refractivity contribution in [1.29, 1.82) is 0 Å². The minimum absolute atomic E-state index is 0.276. The van der Waals surface area contributed by atoms with Crippen LogP contribution in [0.1, 0.15) is 61.1 Å². The van der Waals surface area contributed by atoms with Gasteiger partial charge in [-0.05, 0) is 83.0 Å². The molecule has 0 amide bonds. The zero-order chi connectivity index (χ0) is 25.7. The number of phenols is 2. The fourth-order valence-corrected chi connectivity index (χ4v) is 4.42. The molecule has 36 heavy (non-hydrogen) atoms. The van der Waals surface area contributed by atoms with Gasteiger partial charge < -0.3 is 10.2 Å². The summed E-state index contributed by atoms with van der Waals surface area (Å²) in [7, 11) is 0. The molecule has 184 valence electrons. The number of aryl methyl sites for hydroxylation is 4. The van der Waals surface area contributed by atoms with Crippen molar-refractivity contribution in [2.24, 2.45) is 9.98 Å². The highest BCUT2D eigenvalue weighted by Crippen LogP contribution is 2.34. The highest BCUT2D eigenvalue weighted by molar-refractivity contribution is 5.96. The Bertz CT molecular complexity index is 1340. The lowest BCUT2D eigenvalue weighted by Gasteiger charge is -2.10. The van der Waals surface area contributed by atoms with Gasteiger partial charge in [0.1, 0.15) is 11.5 Å². The first-order valence-corrected chi connectivity index (χ1v) is 12.8. The lowest BCUT2D eigenvalue weighted by molar-refractivity contribution is 0.467. The number of fused-ring (bicyclic) bond motifs is 1. The number of nitrogens with zero attached hydrogens (tertiary/aromatic N) is 2. The number of phenolic OH excluding ortho intramolecular Hbond substituents is 2. The maximum absolute atomic E-state index is 10.8. The van der Waals surface area contributed by atoms with Gasteiger partial charge in [0.15, 0.2) is 0 Å². The van der Waals surface area contributed by atoms with Crippen LogP contribution in [0.15, 0.2) is 70.6 Å². The molecule has 0 aromatic heterocycles. The Kier molecular flexibility index (Phi) is 7.84. The summed E-state index contributed by atoms with van der Waals surface area (Å²) in [5, 5.41) is 23.6. The van der Waals surface area contributed by atoms with Crippen molar-refractivity contribution in [3.8, 4) is 11.5 Å². The first kappa shape index (κ1) is 25.2. The Labute approximate surface area is 213 Å². The van der Waals surface area contributed by atoms with Crippen LogP contribution in [0, 0.1) is 0 Å². The van der Waals surface area contributed by atoms with Gasteiger partial charge in [0.05, 0.1) is 11.4 Å². The minimum Gasteiger partial charge on any atom is -0.507 e. The van der Waals surface area contributed by atoms with Crippen molar-refractivity contribution >= 4 is 34.6 Å². The molecule has 2 N–H and O–H groups in total. The molecule has 4 heteroatoms. The molecule has 0 bridgehead atoms. The molecule has 0 fully saturated rings. The van der Waals surface area contributed by atoms with E-state index >= 15 is 0 Å². The minimum atomic E-state index is 0.276. The Morgan fingerprint density at radius 3 is 1.36 bits per heavy atom. The molecule has 0 aliphatic carbocycles. The van der Waals surface area contributed by atoms with E-state index < -0.39 is 0 Å². The van der Waals surface area contributed by atoms with Gasteiger partial charge in [0.2, 0.25) is 0 Å². The molecule has 0 aliphatic rings. The lowest BCUT2D eigenvalue weighted by atomic mass is 10.0. The molecule has 0 unspecified atom stereocenters. The van der Waals surface area contributed by atoms with Gasteiger partial charge >= 0.3 is 0 Å². The third-order valence-electron chi connectivity index (χ3n) is 6.66. The third-order valence-corrected chi connectivity index (χ3v) is 6.66. The maximum Gasteiger partial charge on any atom is 0.127 e. The molecule has 0 radical (unpaired) electrons. The number of benzene rings is 4. The molecular weight excluding hydrogens is 444 g/mol. The molecule has 4 rings (SSSR count). The molecule has 0 heterocycles. The smallest absolute Gasteiger partial charge is 0.127 e. The van der Waals surface area contributed by atoms with Crippen LogP contribution in [0.4, 0.5) is 11.4 Å². The van der Waals surface area contributed by atoms with E-state index in [-0.39, 0.29) is 11.5 Å². The van der Waals surface area contributed by atoms with E-state index in [0.717, 1.165) is 47.6 Å². The standard InChI is InChI=1S/C32H34N2O2/c1-5-21-13-23(7-3)31(35)27(15-21)19-33-29-17-25-11-9-10-12-26(25)18-30(29)34-20-28-16-22(6-2)14-24(8-4)32(28)36/h9-20,35-36H,5-8H2,1-4H3. The van der Waals surface area contributed by atoms with Crippen molar-refractivity contribution in [2.75, 3.05) is 0 Å². The van der Waals surface area contributed by atoms with E-state index in [1.54, 1.807) is 12.4 Å². The van der Waals surface area contributed by atoms with Crippen molar-refractivity contribution in [2.45, 2.75) is 53.4 Å². The van der Waals surface area contributed by atoms with Gasteiger partial charge in [-0.3, -0.25) is 9.98 Å². The van der Waals surface area contributed by atoms with Crippen molar-refractivity contribution in [3.63, 3.8) is 0 Å². The van der Waals surface area contributed by atoms with Crippen LogP contribution in [-0.2, 0) is 25.7 Å². The summed E-state index contributed by atoms with van der Waals surface area (Å²) in [5.41, 5.74) is 6.99. The zero-order valence-electron chi connectivity index (χ0n) is 21.5. The topological polar surface area (TPSA) is 65.2 Å². The van der Waals surface area contributed by atoms with Crippen molar-refractivity contribution in [3.05, 3.63) is 94.0 Å². The van der Waals surface area contributed by atoms with Gasteiger partial charge in [-0.1, -0.05) is 64.1 Å². The van der Waals surface area contributed by atoms with Crippen LogP contribution in [0.25, 0.3) is 10.8 Å². The summed E-state index contributed by atoms with van der Waals surface area (Å²) in [6.07, 6.45) is 6.74. The molecule has 0 spiro atoms.